The van der Waals surface area contributed by atoms with E-state index in [9.17, 15) is 15.0 Å². The average molecular weight is 358 g/mol. The maximum atomic E-state index is 10.7. The van der Waals surface area contributed by atoms with Crippen LogP contribution in [0.15, 0.2) is 0 Å². The summed E-state index contributed by atoms with van der Waals surface area (Å²) in [6.45, 7) is 7.35. The lowest BCUT2D eigenvalue weighted by Crippen LogP contribution is -2.57. The van der Waals surface area contributed by atoms with Gasteiger partial charge in [0.05, 0.1) is 38.4 Å². The Bertz CT molecular complexity index is 343. The Balaban J connectivity index is 2.15. The van der Waals surface area contributed by atoms with Gasteiger partial charge in [-0.2, -0.15) is 0 Å². The topological polar surface area (TPSA) is 69.6 Å². The molecular formula is C20H39NO4. The minimum atomic E-state index is -1.36. The van der Waals surface area contributed by atoms with Gasteiger partial charge in [0.15, 0.2) is 0 Å². The maximum absolute atomic E-state index is 10.7. The van der Waals surface area contributed by atoms with E-state index in [0.717, 1.165) is 37.3 Å². The van der Waals surface area contributed by atoms with Crippen LogP contribution in [0.1, 0.15) is 77.6 Å². The molecule has 1 rings (SSSR count). The van der Waals surface area contributed by atoms with Crippen LogP contribution >= 0.6 is 0 Å². The molecule has 0 amide bonds. The lowest BCUT2D eigenvalue weighted by atomic mass is 10.1. The Morgan fingerprint density at radius 1 is 0.960 bits per heavy atom. The highest BCUT2D eigenvalue weighted by molar-refractivity contribution is 5.69. The summed E-state index contributed by atoms with van der Waals surface area (Å²) in [5.41, 5.74) is 0. The Morgan fingerprint density at radius 3 is 2.00 bits per heavy atom. The summed E-state index contributed by atoms with van der Waals surface area (Å²) in [5.74, 6) is -1.36. The molecule has 1 unspecified atom stereocenters. The average Bonchev–Trinajstić information content (AvgIpc) is 2.62. The predicted octanol–water partition coefficient (Wildman–Crippen LogP) is 2.26. The molecule has 1 aliphatic rings. The van der Waals surface area contributed by atoms with Gasteiger partial charge in [-0.1, -0.05) is 58.3 Å². The predicted molar refractivity (Wildman–Crippen MR) is 98.0 cm³/mol. The highest BCUT2D eigenvalue weighted by atomic mass is 16.5. The zero-order chi connectivity index (χ0) is 18.4. The number of carbonyl (C=O) groups excluding carboxylic acids is 1. The van der Waals surface area contributed by atoms with Crippen LogP contribution in [0.2, 0.25) is 0 Å². The van der Waals surface area contributed by atoms with E-state index in [-0.39, 0.29) is 6.42 Å². The molecule has 1 N–H and O–H groups in total. The summed E-state index contributed by atoms with van der Waals surface area (Å²) >= 11 is 0. The molecular weight excluding hydrogens is 318 g/mol. The molecule has 5 nitrogen and oxygen atoms in total. The van der Waals surface area contributed by atoms with Gasteiger partial charge in [-0.15, -0.1) is 0 Å². The van der Waals surface area contributed by atoms with Crippen molar-refractivity contribution in [2.24, 2.45) is 0 Å². The lowest BCUT2D eigenvalue weighted by Gasteiger charge is -2.42. The highest BCUT2D eigenvalue weighted by Gasteiger charge is 2.30. The molecule has 0 spiro atoms. The number of carboxylic acid groups (broad SMARTS) is 1. The molecule has 1 aliphatic heterocycles. The number of aliphatic hydroxyl groups is 1. The number of hydrogen-bond donors (Lipinski definition) is 1. The second-order valence-corrected chi connectivity index (χ2v) is 7.65. The highest BCUT2D eigenvalue weighted by Crippen LogP contribution is 2.17. The molecule has 0 aromatic carbocycles. The van der Waals surface area contributed by atoms with Gasteiger partial charge in [-0.05, 0) is 12.8 Å². The van der Waals surface area contributed by atoms with Crippen LogP contribution in [-0.4, -0.2) is 61.1 Å². The number of rotatable bonds is 15. The van der Waals surface area contributed by atoms with E-state index in [1.807, 2.05) is 0 Å². The molecule has 0 radical (unpaired) electrons. The number of unbranched alkanes of at least 4 members (excludes halogenated alkanes) is 9. The molecule has 1 heterocycles. The van der Waals surface area contributed by atoms with E-state index in [0.29, 0.717) is 6.54 Å². The summed E-state index contributed by atoms with van der Waals surface area (Å²) < 4.78 is 6.36. The van der Waals surface area contributed by atoms with Crippen LogP contribution < -0.4 is 5.11 Å². The van der Waals surface area contributed by atoms with Gasteiger partial charge in [-0.3, -0.25) is 0 Å². The first kappa shape index (κ1) is 22.4. The van der Waals surface area contributed by atoms with Gasteiger partial charge in [0.2, 0.25) is 0 Å². The van der Waals surface area contributed by atoms with Crippen molar-refractivity contribution in [3.05, 3.63) is 0 Å². The van der Waals surface area contributed by atoms with Crippen LogP contribution in [0.5, 0.6) is 0 Å². The van der Waals surface area contributed by atoms with Crippen LogP contribution in [0.4, 0.5) is 0 Å². The molecule has 1 atom stereocenters. The van der Waals surface area contributed by atoms with Crippen LogP contribution in [0.25, 0.3) is 0 Å². The summed E-state index contributed by atoms with van der Waals surface area (Å²) in [6, 6.07) is 0. The second-order valence-electron chi connectivity index (χ2n) is 7.65. The van der Waals surface area contributed by atoms with Gasteiger partial charge < -0.3 is 24.2 Å². The summed E-state index contributed by atoms with van der Waals surface area (Å²) in [5, 5.41) is 20.2. The molecule has 0 aromatic heterocycles. The van der Waals surface area contributed by atoms with Crippen molar-refractivity contribution in [1.82, 2.24) is 0 Å². The van der Waals surface area contributed by atoms with Crippen molar-refractivity contribution in [2.45, 2.75) is 83.7 Å². The fourth-order valence-electron chi connectivity index (χ4n) is 3.74. The number of hydrogen-bond acceptors (Lipinski definition) is 4. The minimum Gasteiger partial charge on any atom is -0.547 e. The fourth-order valence-corrected chi connectivity index (χ4v) is 3.74. The van der Waals surface area contributed by atoms with E-state index in [1.165, 1.54) is 64.2 Å². The van der Waals surface area contributed by atoms with E-state index >= 15 is 0 Å². The van der Waals surface area contributed by atoms with E-state index in [2.05, 4.69) is 6.92 Å². The molecule has 1 saturated heterocycles. The van der Waals surface area contributed by atoms with Crippen molar-refractivity contribution in [3.8, 4) is 0 Å². The van der Waals surface area contributed by atoms with Crippen molar-refractivity contribution >= 4 is 5.97 Å². The molecule has 1 fully saturated rings. The second kappa shape index (κ2) is 13.5. The minimum absolute atomic E-state index is 0.278. The number of morpholine rings is 1. The smallest absolute Gasteiger partial charge is 0.102 e. The third-order valence-electron chi connectivity index (χ3n) is 5.55. The first-order valence-corrected chi connectivity index (χ1v) is 10.4. The molecule has 148 valence electrons. The number of quaternary nitrogens is 1. The van der Waals surface area contributed by atoms with E-state index < -0.39 is 12.1 Å². The van der Waals surface area contributed by atoms with Crippen molar-refractivity contribution in [2.75, 3.05) is 39.4 Å². The lowest BCUT2D eigenvalue weighted by molar-refractivity contribution is -0.935. The first-order chi connectivity index (χ1) is 12.1. The van der Waals surface area contributed by atoms with Crippen molar-refractivity contribution < 1.29 is 24.2 Å². The largest absolute Gasteiger partial charge is 0.547 e. The molecule has 0 saturated carbocycles. The van der Waals surface area contributed by atoms with Gasteiger partial charge in [0, 0.05) is 6.42 Å². The number of carbonyl (C=O) groups is 1. The number of nitrogens with zero attached hydrogens (tertiary/aromatic N) is 1. The molecule has 0 aliphatic carbocycles. The van der Waals surface area contributed by atoms with Gasteiger partial charge in [0.1, 0.15) is 13.1 Å². The Kier molecular flexibility index (Phi) is 12.1. The van der Waals surface area contributed by atoms with Crippen LogP contribution in [0, 0.1) is 0 Å². The van der Waals surface area contributed by atoms with Gasteiger partial charge >= 0.3 is 0 Å². The quantitative estimate of drug-likeness (QED) is 0.360. The summed E-state index contributed by atoms with van der Waals surface area (Å²) in [7, 11) is 0. The fraction of sp³-hybridized carbons (Fsp3) is 0.950. The Hall–Kier alpha value is -0.650. The molecule has 0 aromatic rings. The third-order valence-corrected chi connectivity index (χ3v) is 5.55. The van der Waals surface area contributed by atoms with E-state index in [1.54, 1.807) is 0 Å². The van der Waals surface area contributed by atoms with Crippen molar-refractivity contribution in [3.63, 3.8) is 0 Å². The van der Waals surface area contributed by atoms with Crippen LogP contribution in [0.3, 0.4) is 0 Å². The summed E-state index contributed by atoms with van der Waals surface area (Å²) in [4.78, 5) is 10.7. The van der Waals surface area contributed by atoms with E-state index in [4.69, 9.17) is 4.74 Å². The number of carboxylic acids is 1. The van der Waals surface area contributed by atoms with Gasteiger partial charge in [0.25, 0.3) is 0 Å². The SMILES string of the molecule is CCCCCCCCCCCC[N+]1(CCC(O)C(=O)[O-])CCOCC1. The zero-order valence-electron chi connectivity index (χ0n) is 16.2. The number of ether oxygens (including phenoxy) is 1. The standard InChI is InChI=1S/C20H39NO4/c1-2-3-4-5-6-7-8-9-10-11-13-21(15-17-25-18-16-21)14-12-19(22)20(23)24/h19,22H,2-18H2,1H3. The van der Waals surface area contributed by atoms with Crippen molar-refractivity contribution in [1.29, 1.82) is 0 Å². The number of aliphatic carboxylic acids is 1. The molecule has 25 heavy (non-hydrogen) atoms. The molecule has 0 bridgehead atoms. The Morgan fingerprint density at radius 2 is 1.48 bits per heavy atom. The zero-order valence-corrected chi connectivity index (χ0v) is 16.2. The monoisotopic (exact) mass is 357 g/mol. The molecule has 5 heteroatoms. The normalized spacial score (nSPS) is 18.2. The maximum Gasteiger partial charge on any atom is 0.102 e. The summed E-state index contributed by atoms with van der Waals surface area (Å²) in [6.07, 6.45) is 12.2. The van der Waals surface area contributed by atoms with Crippen LogP contribution in [-0.2, 0) is 9.53 Å². The van der Waals surface area contributed by atoms with Gasteiger partial charge in [-0.25, -0.2) is 0 Å². The third kappa shape index (κ3) is 10.2. The first-order valence-electron chi connectivity index (χ1n) is 10.4. The Labute approximate surface area is 154 Å². The number of aliphatic hydroxyl groups excluding tert-OH is 1.